The Balaban J connectivity index is 2.40. The molecule has 1 aliphatic carbocycles. The van der Waals surface area contributed by atoms with Gasteiger partial charge in [0.15, 0.2) is 5.60 Å². The van der Waals surface area contributed by atoms with E-state index in [2.05, 4.69) is 0 Å². The molecule has 0 N–H and O–H groups in total. The van der Waals surface area contributed by atoms with Crippen molar-refractivity contribution in [3.05, 3.63) is 47.5 Å². The van der Waals surface area contributed by atoms with Crippen LogP contribution in [-0.4, -0.2) is 5.97 Å². The van der Waals surface area contributed by atoms with Gasteiger partial charge in [0, 0.05) is 11.6 Å². The molecule has 20 heavy (non-hydrogen) atoms. The van der Waals surface area contributed by atoms with Crippen molar-refractivity contribution in [2.75, 3.05) is 0 Å². The van der Waals surface area contributed by atoms with Gasteiger partial charge in [-0.25, -0.2) is 8.78 Å². The van der Waals surface area contributed by atoms with E-state index in [0.717, 1.165) is 6.07 Å². The standard InChI is InChI=1S/C16H18F2O2/c1-15(2,3)14(19)20-16(6-4-5-7-16)11-8-12(17)10-13(18)9-11/h4,6,8-10H,5,7H2,1-3H3. The monoisotopic (exact) mass is 280 g/mol. The quantitative estimate of drug-likeness (QED) is 0.602. The van der Waals surface area contributed by atoms with Gasteiger partial charge in [0.05, 0.1) is 5.41 Å². The van der Waals surface area contributed by atoms with E-state index in [0.29, 0.717) is 18.4 Å². The predicted molar refractivity (Wildman–Crippen MR) is 72.0 cm³/mol. The maximum Gasteiger partial charge on any atom is 0.312 e. The summed E-state index contributed by atoms with van der Waals surface area (Å²) in [5.74, 6) is -1.74. The van der Waals surface area contributed by atoms with Gasteiger partial charge in [0.25, 0.3) is 0 Å². The van der Waals surface area contributed by atoms with Crippen LogP contribution in [0.5, 0.6) is 0 Å². The van der Waals surface area contributed by atoms with Crippen molar-refractivity contribution in [3.63, 3.8) is 0 Å². The Kier molecular flexibility index (Phi) is 3.67. The zero-order chi connectivity index (χ0) is 15.0. The third-order valence-electron chi connectivity index (χ3n) is 3.31. The van der Waals surface area contributed by atoms with Gasteiger partial charge in [0.1, 0.15) is 11.6 Å². The minimum Gasteiger partial charge on any atom is -0.449 e. The van der Waals surface area contributed by atoms with Gasteiger partial charge in [-0.1, -0.05) is 6.08 Å². The summed E-state index contributed by atoms with van der Waals surface area (Å²) in [6.07, 6.45) is 4.77. The van der Waals surface area contributed by atoms with Gasteiger partial charge in [-0.3, -0.25) is 4.79 Å². The third-order valence-corrected chi connectivity index (χ3v) is 3.31. The van der Waals surface area contributed by atoms with Crippen molar-refractivity contribution >= 4 is 5.97 Å². The van der Waals surface area contributed by atoms with Crippen LogP contribution in [0.3, 0.4) is 0 Å². The van der Waals surface area contributed by atoms with Gasteiger partial charge < -0.3 is 4.74 Å². The summed E-state index contributed by atoms with van der Waals surface area (Å²) in [6.45, 7) is 5.23. The number of benzene rings is 1. The van der Waals surface area contributed by atoms with Gasteiger partial charge >= 0.3 is 5.97 Å². The van der Waals surface area contributed by atoms with E-state index in [1.165, 1.54) is 12.1 Å². The summed E-state index contributed by atoms with van der Waals surface area (Å²) in [4.78, 5) is 12.1. The summed E-state index contributed by atoms with van der Waals surface area (Å²) < 4.78 is 32.4. The van der Waals surface area contributed by atoms with E-state index >= 15 is 0 Å². The second-order valence-electron chi connectivity index (χ2n) is 6.13. The second-order valence-corrected chi connectivity index (χ2v) is 6.13. The van der Waals surface area contributed by atoms with E-state index in [-0.39, 0.29) is 0 Å². The lowest BCUT2D eigenvalue weighted by atomic mass is 9.91. The highest BCUT2D eigenvalue weighted by Gasteiger charge is 2.39. The molecule has 1 unspecified atom stereocenters. The number of carbonyl (C=O) groups is 1. The average molecular weight is 280 g/mol. The zero-order valence-electron chi connectivity index (χ0n) is 11.9. The first kappa shape index (κ1) is 14.7. The van der Waals surface area contributed by atoms with Gasteiger partial charge in [-0.2, -0.15) is 0 Å². The molecule has 0 radical (unpaired) electrons. The fraction of sp³-hybridized carbons (Fsp3) is 0.438. The second kappa shape index (κ2) is 5.00. The molecule has 0 spiro atoms. The highest BCUT2D eigenvalue weighted by Crippen LogP contribution is 2.39. The average Bonchev–Trinajstić information content (AvgIpc) is 2.76. The minimum absolute atomic E-state index is 0.335. The van der Waals surface area contributed by atoms with Crippen molar-refractivity contribution in [2.24, 2.45) is 5.41 Å². The van der Waals surface area contributed by atoms with Crippen LogP contribution in [0.4, 0.5) is 8.78 Å². The van der Waals surface area contributed by atoms with Crippen molar-refractivity contribution in [2.45, 2.75) is 39.2 Å². The van der Waals surface area contributed by atoms with Crippen LogP contribution in [0.2, 0.25) is 0 Å². The molecule has 2 rings (SSSR count). The molecule has 0 amide bonds. The third kappa shape index (κ3) is 2.89. The minimum atomic E-state index is -1.06. The van der Waals surface area contributed by atoms with Crippen LogP contribution < -0.4 is 0 Å². The molecule has 1 aromatic carbocycles. The van der Waals surface area contributed by atoms with E-state index in [9.17, 15) is 13.6 Å². The van der Waals surface area contributed by atoms with E-state index in [4.69, 9.17) is 4.74 Å². The van der Waals surface area contributed by atoms with Gasteiger partial charge in [-0.15, -0.1) is 0 Å². The highest BCUT2D eigenvalue weighted by atomic mass is 19.1. The summed E-state index contributed by atoms with van der Waals surface area (Å²) in [5.41, 5.74) is -1.40. The molecule has 0 heterocycles. The summed E-state index contributed by atoms with van der Waals surface area (Å²) >= 11 is 0. The van der Waals surface area contributed by atoms with Crippen LogP contribution >= 0.6 is 0 Å². The van der Waals surface area contributed by atoms with Crippen LogP contribution in [0, 0.1) is 17.0 Å². The van der Waals surface area contributed by atoms with Gasteiger partial charge in [0.2, 0.25) is 0 Å². The number of allylic oxidation sites excluding steroid dienone is 1. The molecule has 0 bridgehead atoms. The molecular weight excluding hydrogens is 262 g/mol. The number of esters is 1. The number of hydrogen-bond donors (Lipinski definition) is 0. The first-order valence-corrected chi connectivity index (χ1v) is 6.61. The van der Waals surface area contributed by atoms with E-state index in [1.807, 2.05) is 6.08 Å². The molecule has 0 fully saturated rings. The molecule has 0 saturated carbocycles. The number of hydrogen-bond acceptors (Lipinski definition) is 2. The molecule has 0 aromatic heterocycles. The Morgan fingerprint density at radius 2 is 1.80 bits per heavy atom. The number of ether oxygens (including phenoxy) is 1. The Bertz CT molecular complexity index is 538. The van der Waals surface area contributed by atoms with Crippen LogP contribution in [0.1, 0.15) is 39.2 Å². The fourth-order valence-electron chi connectivity index (χ4n) is 2.16. The molecule has 0 saturated heterocycles. The Morgan fingerprint density at radius 3 is 2.25 bits per heavy atom. The normalized spacial score (nSPS) is 22.1. The molecule has 0 aliphatic heterocycles. The van der Waals surface area contributed by atoms with Crippen molar-refractivity contribution < 1.29 is 18.3 Å². The largest absolute Gasteiger partial charge is 0.449 e. The van der Waals surface area contributed by atoms with E-state index in [1.54, 1.807) is 26.8 Å². The number of rotatable bonds is 2. The Hall–Kier alpha value is -1.71. The maximum atomic E-state index is 13.4. The number of halogens is 2. The molecule has 2 nitrogen and oxygen atoms in total. The lowest BCUT2D eigenvalue weighted by molar-refractivity contribution is -0.166. The molecule has 1 aliphatic rings. The van der Waals surface area contributed by atoms with Crippen LogP contribution in [-0.2, 0) is 15.1 Å². The van der Waals surface area contributed by atoms with Crippen LogP contribution in [0.15, 0.2) is 30.4 Å². The van der Waals surface area contributed by atoms with Crippen molar-refractivity contribution in [3.8, 4) is 0 Å². The molecule has 108 valence electrons. The first-order valence-electron chi connectivity index (χ1n) is 6.61. The molecule has 1 atom stereocenters. The Morgan fingerprint density at radius 1 is 1.20 bits per heavy atom. The summed E-state index contributed by atoms with van der Waals surface area (Å²) in [7, 11) is 0. The lowest BCUT2D eigenvalue weighted by Crippen LogP contribution is -2.34. The molecule has 1 aromatic rings. The Labute approximate surface area is 117 Å². The topological polar surface area (TPSA) is 26.3 Å². The molecule has 4 heteroatoms. The molecular formula is C16H18F2O2. The van der Waals surface area contributed by atoms with Crippen LogP contribution in [0.25, 0.3) is 0 Å². The number of carbonyl (C=O) groups excluding carboxylic acids is 1. The smallest absolute Gasteiger partial charge is 0.312 e. The first-order chi connectivity index (χ1) is 9.23. The maximum absolute atomic E-state index is 13.4. The SMILES string of the molecule is CC(C)(C)C(=O)OC1(c2cc(F)cc(F)c2)C=CCC1. The zero-order valence-corrected chi connectivity index (χ0v) is 11.9. The highest BCUT2D eigenvalue weighted by molar-refractivity contribution is 5.76. The lowest BCUT2D eigenvalue weighted by Gasteiger charge is -2.31. The van der Waals surface area contributed by atoms with Crippen molar-refractivity contribution in [1.82, 2.24) is 0 Å². The summed E-state index contributed by atoms with van der Waals surface area (Å²) in [6, 6.07) is 3.24. The summed E-state index contributed by atoms with van der Waals surface area (Å²) in [5, 5.41) is 0. The van der Waals surface area contributed by atoms with Gasteiger partial charge in [-0.05, 0) is 51.8 Å². The predicted octanol–water partition coefficient (Wildman–Crippen LogP) is 4.10. The van der Waals surface area contributed by atoms with E-state index < -0.39 is 28.6 Å². The van der Waals surface area contributed by atoms with Crippen molar-refractivity contribution in [1.29, 1.82) is 0 Å². The fourth-order valence-corrected chi connectivity index (χ4v) is 2.16.